The van der Waals surface area contributed by atoms with Gasteiger partial charge in [0.2, 0.25) is 0 Å². The second kappa shape index (κ2) is 7.27. The van der Waals surface area contributed by atoms with Crippen molar-refractivity contribution in [1.29, 1.82) is 0 Å². The molecule has 2 nitrogen and oxygen atoms in total. The summed E-state index contributed by atoms with van der Waals surface area (Å²) in [6, 6.07) is 5.43. The molecule has 0 amide bonds. The number of benzene rings is 1. The summed E-state index contributed by atoms with van der Waals surface area (Å²) < 4.78 is 19.4. The second-order valence-electron chi connectivity index (χ2n) is 5.03. The monoisotopic (exact) mass is 283 g/mol. The van der Waals surface area contributed by atoms with Crippen molar-refractivity contribution in [3.05, 3.63) is 29.6 Å². The first-order chi connectivity index (χ1) is 9.20. The minimum absolute atomic E-state index is 0.107. The lowest BCUT2D eigenvalue weighted by molar-refractivity contribution is 0.1000. The molecule has 1 aromatic carbocycles. The van der Waals surface area contributed by atoms with Gasteiger partial charge in [-0.15, -0.1) is 11.8 Å². The maximum absolute atomic E-state index is 14.1. The van der Waals surface area contributed by atoms with Gasteiger partial charge in [-0.05, 0) is 37.3 Å². The Balaban J connectivity index is 2.12. The lowest BCUT2D eigenvalue weighted by atomic mass is 10.0. The third-order valence-electron chi connectivity index (χ3n) is 3.51. The van der Waals surface area contributed by atoms with Crippen molar-refractivity contribution in [2.24, 2.45) is 5.73 Å². The Kier molecular flexibility index (Phi) is 5.67. The number of thioether (sulfide) groups is 1. The van der Waals surface area contributed by atoms with Crippen LogP contribution in [0.4, 0.5) is 4.39 Å². The fraction of sp³-hybridized carbons (Fsp3) is 0.600. The van der Waals surface area contributed by atoms with Crippen LogP contribution in [0.5, 0.6) is 0 Å². The van der Waals surface area contributed by atoms with Gasteiger partial charge < -0.3 is 10.5 Å². The van der Waals surface area contributed by atoms with E-state index < -0.39 is 0 Å². The van der Waals surface area contributed by atoms with Crippen LogP contribution in [-0.2, 0) is 11.2 Å². The van der Waals surface area contributed by atoms with Crippen molar-refractivity contribution in [1.82, 2.24) is 0 Å². The van der Waals surface area contributed by atoms with E-state index in [1.807, 2.05) is 6.07 Å². The van der Waals surface area contributed by atoms with E-state index >= 15 is 0 Å². The molecule has 1 aliphatic heterocycles. The number of halogens is 1. The summed E-state index contributed by atoms with van der Waals surface area (Å²) in [5.41, 5.74) is 7.05. The summed E-state index contributed by atoms with van der Waals surface area (Å²) in [4.78, 5) is 0.790. The predicted molar refractivity (Wildman–Crippen MR) is 78.1 cm³/mol. The van der Waals surface area contributed by atoms with Gasteiger partial charge in [0, 0.05) is 29.4 Å². The molecule has 2 N–H and O–H groups in total. The Bertz CT molecular complexity index is 407. The average molecular weight is 283 g/mol. The zero-order valence-corrected chi connectivity index (χ0v) is 12.2. The lowest BCUT2D eigenvalue weighted by Gasteiger charge is -2.23. The first-order valence-electron chi connectivity index (χ1n) is 6.98. The van der Waals surface area contributed by atoms with Crippen LogP contribution in [0.15, 0.2) is 23.1 Å². The quantitative estimate of drug-likeness (QED) is 0.900. The van der Waals surface area contributed by atoms with E-state index in [1.54, 1.807) is 23.9 Å². The molecule has 1 aromatic rings. The summed E-state index contributed by atoms with van der Waals surface area (Å²) in [5.74, 6) is -0.114. The van der Waals surface area contributed by atoms with Gasteiger partial charge in [0.25, 0.3) is 0 Å². The molecular formula is C15H22FNOS. The minimum Gasteiger partial charge on any atom is -0.381 e. The molecule has 19 heavy (non-hydrogen) atoms. The lowest BCUT2D eigenvalue weighted by Crippen LogP contribution is -2.22. The van der Waals surface area contributed by atoms with Crippen molar-refractivity contribution in [2.75, 3.05) is 13.2 Å². The van der Waals surface area contributed by atoms with E-state index in [2.05, 4.69) is 6.92 Å². The Hall–Kier alpha value is -0.580. The van der Waals surface area contributed by atoms with E-state index in [0.717, 1.165) is 49.4 Å². The Morgan fingerprint density at radius 3 is 2.84 bits per heavy atom. The molecule has 1 atom stereocenters. The van der Waals surface area contributed by atoms with Crippen LogP contribution < -0.4 is 5.73 Å². The molecule has 0 bridgehead atoms. The normalized spacial score (nSPS) is 18.5. The largest absolute Gasteiger partial charge is 0.381 e. The van der Waals surface area contributed by atoms with Gasteiger partial charge in [0.05, 0.1) is 0 Å². The molecule has 0 spiro atoms. The van der Waals surface area contributed by atoms with E-state index in [-0.39, 0.29) is 11.9 Å². The zero-order valence-electron chi connectivity index (χ0n) is 11.4. The van der Waals surface area contributed by atoms with E-state index in [4.69, 9.17) is 10.5 Å². The second-order valence-corrected chi connectivity index (χ2v) is 6.34. The summed E-state index contributed by atoms with van der Waals surface area (Å²) in [6.45, 7) is 3.64. The molecule has 0 aromatic heterocycles. The molecule has 1 aliphatic rings. The van der Waals surface area contributed by atoms with Crippen LogP contribution in [0.25, 0.3) is 0 Å². The molecule has 106 valence electrons. The number of hydrogen-bond donors (Lipinski definition) is 1. The third kappa shape index (κ3) is 4.20. The zero-order chi connectivity index (χ0) is 13.7. The van der Waals surface area contributed by atoms with Crippen molar-refractivity contribution < 1.29 is 9.13 Å². The summed E-state index contributed by atoms with van der Waals surface area (Å²) in [6.07, 6.45) is 3.66. The fourth-order valence-electron chi connectivity index (χ4n) is 2.23. The van der Waals surface area contributed by atoms with Crippen LogP contribution in [0, 0.1) is 5.82 Å². The SMILES string of the molecule is CCC(N)Cc1cccc(F)c1SC1CCOCC1. The van der Waals surface area contributed by atoms with Crippen molar-refractivity contribution in [3.8, 4) is 0 Å². The number of rotatable bonds is 5. The number of hydrogen-bond acceptors (Lipinski definition) is 3. The fourth-order valence-corrected chi connectivity index (χ4v) is 3.48. The van der Waals surface area contributed by atoms with Gasteiger partial charge in [0.15, 0.2) is 0 Å². The van der Waals surface area contributed by atoms with Gasteiger partial charge in [0.1, 0.15) is 5.82 Å². The Labute approximate surface area is 118 Å². The summed E-state index contributed by atoms with van der Waals surface area (Å²) in [5, 5.41) is 0.460. The highest BCUT2D eigenvalue weighted by Crippen LogP contribution is 2.34. The molecular weight excluding hydrogens is 261 g/mol. The van der Waals surface area contributed by atoms with E-state index in [9.17, 15) is 4.39 Å². The van der Waals surface area contributed by atoms with Gasteiger partial charge in [-0.2, -0.15) is 0 Å². The van der Waals surface area contributed by atoms with Gasteiger partial charge in [-0.25, -0.2) is 4.39 Å². The van der Waals surface area contributed by atoms with Crippen LogP contribution in [0.3, 0.4) is 0 Å². The number of ether oxygens (including phenoxy) is 1. The first-order valence-corrected chi connectivity index (χ1v) is 7.86. The van der Waals surface area contributed by atoms with Gasteiger partial charge in [-0.1, -0.05) is 19.1 Å². The highest BCUT2D eigenvalue weighted by Gasteiger charge is 2.19. The average Bonchev–Trinajstić information content (AvgIpc) is 2.43. The van der Waals surface area contributed by atoms with Gasteiger partial charge >= 0.3 is 0 Å². The smallest absolute Gasteiger partial charge is 0.137 e. The van der Waals surface area contributed by atoms with Crippen molar-refractivity contribution in [2.45, 2.75) is 48.8 Å². The Morgan fingerprint density at radius 1 is 1.42 bits per heavy atom. The molecule has 1 saturated heterocycles. The topological polar surface area (TPSA) is 35.2 Å². The maximum atomic E-state index is 14.1. The van der Waals surface area contributed by atoms with Crippen molar-refractivity contribution in [3.63, 3.8) is 0 Å². The molecule has 2 rings (SSSR count). The molecule has 0 saturated carbocycles. The highest BCUT2D eigenvalue weighted by molar-refractivity contribution is 8.00. The molecule has 0 radical (unpaired) electrons. The first kappa shape index (κ1) is 14.8. The predicted octanol–water partition coefficient (Wildman–Crippen LogP) is 3.38. The maximum Gasteiger partial charge on any atom is 0.137 e. The third-order valence-corrected chi connectivity index (χ3v) is 5.01. The highest BCUT2D eigenvalue weighted by atomic mass is 32.2. The van der Waals surface area contributed by atoms with Gasteiger partial charge in [-0.3, -0.25) is 0 Å². The molecule has 1 unspecified atom stereocenters. The van der Waals surface area contributed by atoms with Crippen molar-refractivity contribution >= 4 is 11.8 Å². The molecule has 4 heteroatoms. The summed E-state index contributed by atoms with van der Waals surface area (Å²) in [7, 11) is 0. The standard InChI is InChI=1S/C15H22FNOS/c1-2-12(17)10-11-4-3-5-14(16)15(11)19-13-6-8-18-9-7-13/h3-5,12-13H,2,6-10,17H2,1H3. The molecule has 1 heterocycles. The number of nitrogens with two attached hydrogens (primary N) is 1. The Morgan fingerprint density at radius 2 is 2.16 bits per heavy atom. The molecule has 1 fully saturated rings. The van der Waals surface area contributed by atoms with E-state index in [0.29, 0.717) is 5.25 Å². The van der Waals surface area contributed by atoms with Crippen LogP contribution >= 0.6 is 11.8 Å². The minimum atomic E-state index is -0.114. The van der Waals surface area contributed by atoms with Crippen LogP contribution in [0.1, 0.15) is 31.7 Å². The van der Waals surface area contributed by atoms with Crippen LogP contribution in [0.2, 0.25) is 0 Å². The van der Waals surface area contributed by atoms with E-state index in [1.165, 1.54) is 0 Å². The van der Waals surface area contributed by atoms with Crippen LogP contribution in [-0.4, -0.2) is 24.5 Å². The summed E-state index contributed by atoms with van der Waals surface area (Å²) >= 11 is 1.66. The molecule has 0 aliphatic carbocycles.